The van der Waals surface area contributed by atoms with E-state index in [4.69, 9.17) is 49.6 Å². The summed E-state index contributed by atoms with van der Waals surface area (Å²) >= 11 is 17.7. The quantitative estimate of drug-likeness (QED) is 0.197. The number of alkyl halides is 3. The van der Waals surface area contributed by atoms with Crippen molar-refractivity contribution >= 4 is 46.1 Å². The Hall–Kier alpha value is -1.62. The standard InChI is InChI=1S/C28H35Cl2F3N2O3S/c1-18-6-7-19(15-26(18)37-3)21(5-4-10-35-11-8-20(9-12-35)38-14-13-36-2)27(39)34-25-17-24(30)23(29)16-22(25)28(31,32)33/h6-7,15-17,20-21H,4-5,8-14H2,1-3H3,(H,34,39). The Morgan fingerprint density at radius 1 is 1.10 bits per heavy atom. The summed E-state index contributed by atoms with van der Waals surface area (Å²) < 4.78 is 57.7. The number of benzene rings is 2. The van der Waals surface area contributed by atoms with E-state index < -0.39 is 11.7 Å². The Balaban J connectivity index is 1.73. The van der Waals surface area contributed by atoms with Crippen LogP contribution in [0.3, 0.4) is 0 Å². The van der Waals surface area contributed by atoms with Gasteiger partial charge in [-0.2, -0.15) is 13.2 Å². The lowest BCUT2D eigenvalue weighted by molar-refractivity contribution is -0.136. The van der Waals surface area contributed by atoms with Crippen molar-refractivity contribution in [3.63, 3.8) is 0 Å². The summed E-state index contributed by atoms with van der Waals surface area (Å²) in [5.41, 5.74) is 0.684. The second kappa shape index (κ2) is 14.8. The number of anilines is 1. The zero-order chi connectivity index (χ0) is 28.6. The topological polar surface area (TPSA) is 43.0 Å². The number of hydrogen-bond acceptors (Lipinski definition) is 5. The molecule has 0 aliphatic carbocycles. The molecule has 1 fully saturated rings. The first-order chi connectivity index (χ1) is 18.5. The number of methoxy groups -OCH3 is 2. The van der Waals surface area contributed by atoms with Crippen LogP contribution in [0.4, 0.5) is 18.9 Å². The Morgan fingerprint density at radius 2 is 1.79 bits per heavy atom. The smallest absolute Gasteiger partial charge is 0.418 e. The summed E-state index contributed by atoms with van der Waals surface area (Å²) in [6.45, 7) is 5.84. The first-order valence-electron chi connectivity index (χ1n) is 12.9. The van der Waals surface area contributed by atoms with Crippen LogP contribution >= 0.6 is 35.4 Å². The van der Waals surface area contributed by atoms with Crippen molar-refractivity contribution in [3.8, 4) is 5.75 Å². The third-order valence-electron chi connectivity index (χ3n) is 6.92. The fourth-order valence-corrected chi connectivity index (χ4v) is 5.42. The number of nitrogens with one attached hydrogen (secondary N) is 1. The summed E-state index contributed by atoms with van der Waals surface area (Å²) in [4.78, 5) is 2.66. The molecule has 2 aromatic rings. The maximum atomic E-state index is 13.8. The molecule has 0 spiro atoms. The molecule has 1 unspecified atom stereocenters. The SMILES string of the molecule is COCCOC1CCN(CCCC(C(=S)Nc2cc(Cl)c(Cl)cc2C(F)(F)F)c2ccc(C)c(OC)c2)CC1. The first-order valence-corrected chi connectivity index (χ1v) is 14.0. The molecule has 216 valence electrons. The minimum atomic E-state index is -4.63. The highest BCUT2D eigenvalue weighted by molar-refractivity contribution is 7.80. The van der Waals surface area contributed by atoms with E-state index in [0.29, 0.717) is 25.4 Å². The summed E-state index contributed by atoms with van der Waals surface area (Å²) in [7, 11) is 3.25. The molecule has 0 bridgehead atoms. The third kappa shape index (κ3) is 9.20. The number of rotatable bonds is 12. The van der Waals surface area contributed by atoms with Crippen LogP contribution in [0, 0.1) is 6.92 Å². The van der Waals surface area contributed by atoms with E-state index in [1.165, 1.54) is 6.07 Å². The number of nitrogens with zero attached hydrogens (tertiary/aromatic N) is 1. The molecule has 2 aromatic carbocycles. The summed E-state index contributed by atoms with van der Waals surface area (Å²) in [6, 6.07) is 7.76. The molecule has 1 heterocycles. The average Bonchev–Trinajstić information content (AvgIpc) is 2.89. The molecule has 39 heavy (non-hydrogen) atoms. The number of aryl methyl sites for hydroxylation is 1. The lowest BCUT2D eigenvalue weighted by Gasteiger charge is -2.32. The minimum absolute atomic E-state index is 0.0122. The molecule has 5 nitrogen and oxygen atoms in total. The van der Waals surface area contributed by atoms with Crippen molar-refractivity contribution in [2.24, 2.45) is 0 Å². The molecule has 1 N–H and O–H groups in total. The highest BCUT2D eigenvalue weighted by atomic mass is 35.5. The van der Waals surface area contributed by atoms with E-state index in [0.717, 1.165) is 56.1 Å². The highest BCUT2D eigenvalue weighted by Crippen LogP contribution is 2.40. The Morgan fingerprint density at radius 3 is 2.44 bits per heavy atom. The Bertz CT molecular complexity index is 1110. The molecule has 0 amide bonds. The van der Waals surface area contributed by atoms with Crippen LogP contribution in [0.2, 0.25) is 10.0 Å². The van der Waals surface area contributed by atoms with Crippen molar-refractivity contribution in [2.45, 2.75) is 50.8 Å². The van der Waals surface area contributed by atoms with Crippen LogP contribution < -0.4 is 10.1 Å². The monoisotopic (exact) mass is 606 g/mol. The van der Waals surface area contributed by atoms with Gasteiger partial charge in [0.15, 0.2) is 0 Å². The van der Waals surface area contributed by atoms with Crippen LogP contribution in [-0.2, 0) is 15.7 Å². The predicted octanol–water partition coefficient (Wildman–Crippen LogP) is 7.76. The van der Waals surface area contributed by atoms with Crippen molar-refractivity contribution in [3.05, 3.63) is 57.1 Å². The van der Waals surface area contributed by atoms with Crippen LogP contribution in [-0.4, -0.2) is 63.1 Å². The van der Waals surface area contributed by atoms with Crippen LogP contribution in [0.15, 0.2) is 30.3 Å². The molecule has 11 heteroatoms. The lowest BCUT2D eigenvalue weighted by atomic mass is 9.92. The van der Waals surface area contributed by atoms with Gasteiger partial charge in [0.05, 0.1) is 52.7 Å². The number of halogens is 5. The summed E-state index contributed by atoms with van der Waals surface area (Å²) in [5.74, 6) is 0.362. The zero-order valence-corrected chi connectivity index (χ0v) is 24.7. The zero-order valence-electron chi connectivity index (χ0n) is 22.4. The van der Waals surface area contributed by atoms with Gasteiger partial charge in [-0.1, -0.05) is 47.6 Å². The molecule has 0 radical (unpaired) electrons. The second-order valence-corrected chi connectivity index (χ2v) is 10.9. The van der Waals surface area contributed by atoms with Gasteiger partial charge in [0.2, 0.25) is 0 Å². The van der Waals surface area contributed by atoms with E-state index in [2.05, 4.69) is 10.2 Å². The van der Waals surface area contributed by atoms with E-state index in [9.17, 15) is 13.2 Å². The fourth-order valence-electron chi connectivity index (χ4n) is 4.72. The number of piperidine rings is 1. The van der Waals surface area contributed by atoms with E-state index in [1.54, 1.807) is 14.2 Å². The fraction of sp³-hybridized carbons (Fsp3) is 0.536. The number of likely N-dealkylation sites (tertiary alicyclic amines) is 1. The minimum Gasteiger partial charge on any atom is -0.496 e. The predicted molar refractivity (Wildman–Crippen MR) is 155 cm³/mol. The molecule has 3 rings (SSSR count). The maximum absolute atomic E-state index is 13.8. The molecular weight excluding hydrogens is 572 g/mol. The molecule has 0 aromatic heterocycles. The number of thiocarbonyl (C=S) groups is 1. The third-order valence-corrected chi connectivity index (χ3v) is 8.03. The van der Waals surface area contributed by atoms with E-state index >= 15 is 0 Å². The summed E-state index contributed by atoms with van der Waals surface area (Å²) in [5, 5.41) is 2.68. The van der Waals surface area contributed by atoms with Crippen molar-refractivity contribution < 1.29 is 27.4 Å². The van der Waals surface area contributed by atoms with Crippen LogP contribution in [0.1, 0.15) is 48.3 Å². The Kier molecular flexibility index (Phi) is 12.1. The largest absolute Gasteiger partial charge is 0.496 e. The summed E-state index contributed by atoms with van der Waals surface area (Å²) in [6.07, 6.45) is -1.01. The van der Waals surface area contributed by atoms with Gasteiger partial charge in [0.1, 0.15) is 5.75 Å². The highest BCUT2D eigenvalue weighted by Gasteiger charge is 2.35. The van der Waals surface area contributed by atoms with Gasteiger partial charge in [-0.05, 0) is 68.5 Å². The number of ether oxygens (including phenoxy) is 3. The van der Waals surface area contributed by atoms with E-state index in [1.807, 2.05) is 25.1 Å². The first kappa shape index (κ1) is 31.9. The normalized spacial score (nSPS) is 15.8. The average molecular weight is 608 g/mol. The van der Waals surface area contributed by atoms with Crippen molar-refractivity contribution in [1.82, 2.24) is 4.90 Å². The van der Waals surface area contributed by atoms with Gasteiger partial charge in [0.25, 0.3) is 0 Å². The van der Waals surface area contributed by atoms with Gasteiger partial charge in [0, 0.05) is 26.1 Å². The molecule has 0 saturated carbocycles. The van der Waals surface area contributed by atoms with E-state index in [-0.39, 0.29) is 32.7 Å². The molecule has 1 aliphatic rings. The van der Waals surface area contributed by atoms with Gasteiger partial charge in [-0.15, -0.1) is 0 Å². The molecule has 1 saturated heterocycles. The van der Waals surface area contributed by atoms with Crippen LogP contribution in [0.5, 0.6) is 5.75 Å². The van der Waals surface area contributed by atoms with Gasteiger partial charge >= 0.3 is 6.18 Å². The van der Waals surface area contributed by atoms with Gasteiger partial charge in [-0.25, -0.2) is 0 Å². The number of hydrogen-bond donors (Lipinski definition) is 1. The molecule has 1 aliphatic heterocycles. The molecular formula is C28H35Cl2F3N2O3S. The van der Waals surface area contributed by atoms with Gasteiger partial charge in [-0.3, -0.25) is 0 Å². The van der Waals surface area contributed by atoms with Crippen molar-refractivity contribution in [1.29, 1.82) is 0 Å². The lowest BCUT2D eigenvalue weighted by Crippen LogP contribution is -2.38. The van der Waals surface area contributed by atoms with Gasteiger partial charge < -0.3 is 24.4 Å². The second-order valence-electron chi connectivity index (χ2n) is 9.63. The Labute approximate surface area is 243 Å². The maximum Gasteiger partial charge on any atom is 0.418 e. The van der Waals surface area contributed by atoms with Crippen molar-refractivity contribution in [2.75, 3.05) is 52.4 Å². The van der Waals surface area contributed by atoms with Crippen LogP contribution in [0.25, 0.3) is 0 Å². The molecule has 1 atom stereocenters.